The maximum atomic E-state index is 4.72. The molecule has 8 aromatic carbocycles. The highest BCUT2D eigenvalue weighted by molar-refractivity contribution is 6.11. The molecule has 0 saturated carbocycles. The van der Waals surface area contributed by atoms with Gasteiger partial charge in [-0.1, -0.05) is 140 Å². The minimum absolute atomic E-state index is 0.833. The zero-order valence-electron chi connectivity index (χ0n) is 33.2. The minimum atomic E-state index is 0.833. The predicted molar refractivity (Wildman–Crippen MR) is 250 cm³/mol. The van der Waals surface area contributed by atoms with Crippen LogP contribution >= 0.6 is 0 Å². The second-order valence-corrected chi connectivity index (χ2v) is 14.8. The normalized spacial score (nSPS) is 11.2. The summed E-state index contributed by atoms with van der Waals surface area (Å²) in [5.74, 6) is 0. The van der Waals surface area contributed by atoms with Crippen molar-refractivity contribution in [1.29, 1.82) is 0 Å². The fraction of sp³-hybridized carbons (Fsp3) is 0.0364. The molecular weight excluding hydrogens is 731 g/mol. The molecule has 0 aliphatic carbocycles. The second kappa shape index (κ2) is 16.2. The fourth-order valence-electron chi connectivity index (χ4n) is 8.45. The number of pyridine rings is 1. The Balaban J connectivity index is 1.31. The molecule has 0 unspecified atom stereocenters. The summed E-state index contributed by atoms with van der Waals surface area (Å²) in [6, 6.07) is 67.7. The van der Waals surface area contributed by atoms with Crippen LogP contribution in [0.15, 0.2) is 219 Å². The molecule has 286 valence electrons. The molecular formula is C55H41N5. The van der Waals surface area contributed by atoms with Crippen molar-refractivity contribution >= 4 is 55.7 Å². The lowest BCUT2D eigenvalue weighted by atomic mass is 9.91. The highest BCUT2D eigenvalue weighted by Crippen LogP contribution is 2.52. The van der Waals surface area contributed by atoms with E-state index in [0.29, 0.717) is 0 Å². The van der Waals surface area contributed by atoms with Crippen LogP contribution in [0.5, 0.6) is 0 Å². The van der Waals surface area contributed by atoms with Crippen LogP contribution in [0.2, 0.25) is 0 Å². The largest absolute Gasteiger partial charge is 0.310 e. The van der Waals surface area contributed by atoms with E-state index in [1.54, 1.807) is 6.33 Å². The van der Waals surface area contributed by atoms with Crippen molar-refractivity contribution in [3.05, 3.63) is 225 Å². The molecule has 0 aliphatic rings. The van der Waals surface area contributed by atoms with E-state index in [2.05, 4.69) is 209 Å². The number of fused-ring (bicyclic) bond motifs is 2. The van der Waals surface area contributed by atoms with Gasteiger partial charge in [0.05, 0.1) is 28.9 Å². The zero-order chi connectivity index (χ0) is 40.3. The summed E-state index contributed by atoms with van der Waals surface area (Å²) in [6.07, 6.45) is 9.94. The van der Waals surface area contributed by atoms with Crippen LogP contribution in [-0.2, 0) is 6.42 Å². The third-order valence-electron chi connectivity index (χ3n) is 11.3. The lowest BCUT2D eigenvalue weighted by Crippen LogP contribution is -2.17. The summed E-state index contributed by atoms with van der Waals surface area (Å²) >= 11 is 0. The van der Waals surface area contributed by atoms with Gasteiger partial charge in [0.25, 0.3) is 0 Å². The van der Waals surface area contributed by atoms with Gasteiger partial charge in [-0.15, -0.1) is 0 Å². The molecule has 60 heavy (non-hydrogen) atoms. The number of nitrogens with zero attached hydrogens (tertiary/aromatic N) is 5. The molecule has 2 aromatic heterocycles. The monoisotopic (exact) mass is 771 g/mol. The number of anilines is 6. The van der Waals surface area contributed by atoms with E-state index in [4.69, 9.17) is 4.98 Å². The van der Waals surface area contributed by atoms with Gasteiger partial charge in [0.1, 0.15) is 6.33 Å². The van der Waals surface area contributed by atoms with Crippen molar-refractivity contribution in [3.8, 4) is 33.4 Å². The van der Waals surface area contributed by atoms with Crippen molar-refractivity contribution in [3.63, 3.8) is 0 Å². The molecule has 0 saturated heterocycles. The zero-order valence-corrected chi connectivity index (χ0v) is 33.2. The third-order valence-corrected chi connectivity index (χ3v) is 11.3. The average molecular weight is 772 g/mol. The number of aromatic nitrogens is 3. The van der Waals surface area contributed by atoms with Crippen molar-refractivity contribution in [2.45, 2.75) is 13.3 Å². The summed E-state index contributed by atoms with van der Waals surface area (Å²) < 4.78 is 0. The van der Waals surface area contributed by atoms with Gasteiger partial charge in [0, 0.05) is 46.5 Å². The number of hydrogen-bond acceptors (Lipinski definition) is 5. The van der Waals surface area contributed by atoms with Gasteiger partial charge in [0.2, 0.25) is 0 Å². The number of aryl methyl sites for hydroxylation is 1. The quantitative estimate of drug-likeness (QED) is 0.139. The molecule has 2 heterocycles. The molecule has 10 rings (SSSR count). The van der Waals surface area contributed by atoms with Gasteiger partial charge in [-0.25, -0.2) is 9.97 Å². The first-order valence-electron chi connectivity index (χ1n) is 20.4. The standard InChI is InChI=1S/C55H41N5/c1-2-39-33-53(59(44-19-7-4-8-20-44)45-30-28-40(29-31-45)43-35-57-38-58-36-43)55(51-26-11-18-42-17-9-10-22-48(42)51)54(34-39)60(46-21-14-32-56-37-46)52-27-13-24-49-47(23-12-25-50(49)52)41-15-5-3-6-16-41/h3-38H,2H2,1H3. The van der Waals surface area contributed by atoms with Crippen molar-refractivity contribution < 1.29 is 0 Å². The lowest BCUT2D eigenvalue weighted by Gasteiger charge is -2.34. The van der Waals surface area contributed by atoms with Gasteiger partial charge in [0.15, 0.2) is 0 Å². The number of para-hydroxylation sites is 1. The molecule has 5 nitrogen and oxygen atoms in total. The maximum absolute atomic E-state index is 4.72. The summed E-state index contributed by atoms with van der Waals surface area (Å²) in [6.45, 7) is 2.24. The van der Waals surface area contributed by atoms with Crippen LogP contribution in [0.3, 0.4) is 0 Å². The van der Waals surface area contributed by atoms with Crippen LogP contribution in [0, 0.1) is 0 Å². The van der Waals surface area contributed by atoms with Crippen molar-refractivity contribution in [2.75, 3.05) is 9.80 Å². The number of hydrogen-bond donors (Lipinski definition) is 0. The number of benzene rings is 8. The average Bonchev–Trinajstić information content (AvgIpc) is 3.33. The molecule has 0 spiro atoms. The first-order chi connectivity index (χ1) is 29.7. The minimum Gasteiger partial charge on any atom is -0.310 e. The molecule has 0 fully saturated rings. The van der Waals surface area contributed by atoms with E-state index < -0.39 is 0 Å². The van der Waals surface area contributed by atoms with Crippen molar-refractivity contribution in [1.82, 2.24) is 15.0 Å². The highest BCUT2D eigenvalue weighted by Gasteiger charge is 2.27. The first kappa shape index (κ1) is 36.5. The van der Waals surface area contributed by atoms with Gasteiger partial charge >= 0.3 is 0 Å². The predicted octanol–water partition coefficient (Wildman–Crippen LogP) is 14.7. The van der Waals surface area contributed by atoms with Crippen LogP contribution < -0.4 is 9.80 Å². The second-order valence-electron chi connectivity index (χ2n) is 14.8. The van der Waals surface area contributed by atoms with Gasteiger partial charge < -0.3 is 9.80 Å². The summed E-state index contributed by atoms with van der Waals surface area (Å²) in [4.78, 5) is 18.1. The van der Waals surface area contributed by atoms with E-state index in [0.717, 1.165) is 68.2 Å². The van der Waals surface area contributed by atoms with Gasteiger partial charge in [-0.2, -0.15) is 0 Å². The van der Waals surface area contributed by atoms with Gasteiger partial charge in [-0.05, 0) is 105 Å². The van der Waals surface area contributed by atoms with E-state index in [-0.39, 0.29) is 0 Å². The van der Waals surface area contributed by atoms with Crippen LogP contribution in [0.25, 0.3) is 54.9 Å². The molecule has 5 heteroatoms. The lowest BCUT2D eigenvalue weighted by molar-refractivity contribution is 1.12. The molecule has 0 N–H and O–H groups in total. The maximum Gasteiger partial charge on any atom is 0.115 e. The first-order valence-corrected chi connectivity index (χ1v) is 20.4. The summed E-state index contributed by atoms with van der Waals surface area (Å²) in [5, 5.41) is 4.69. The third kappa shape index (κ3) is 6.82. The Bertz CT molecular complexity index is 3060. The molecule has 0 amide bonds. The van der Waals surface area contributed by atoms with Gasteiger partial charge in [-0.3, -0.25) is 4.98 Å². The summed E-state index contributed by atoms with van der Waals surface area (Å²) in [5.41, 5.74) is 14.1. The fourth-order valence-corrected chi connectivity index (χ4v) is 8.45. The molecule has 0 bridgehead atoms. The molecule has 0 aliphatic heterocycles. The Morgan fingerprint density at radius 2 is 1.02 bits per heavy atom. The van der Waals surface area contributed by atoms with E-state index in [1.165, 1.54) is 32.8 Å². The van der Waals surface area contributed by atoms with E-state index >= 15 is 0 Å². The number of rotatable bonds is 10. The van der Waals surface area contributed by atoms with Crippen LogP contribution in [0.4, 0.5) is 34.1 Å². The molecule has 0 radical (unpaired) electrons. The van der Waals surface area contributed by atoms with E-state index in [1.807, 2.05) is 30.9 Å². The molecule has 10 aromatic rings. The van der Waals surface area contributed by atoms with Crippen LogP contribution in [0.1, 0.15) is 12.5 Å². The Morgan fingerprint density at radius 3 is 1.78 bits per heavy atom. The summed E-state index contributed by atoms with van der Waals surface area (Å²) in [7, 11) is 0. The smallest absolute Gasteiger partial charge is 0.115 e. The van der Waals surface area contributed by atoms with Crippen molar-refractivity contribution in [2.24, 2.45) is 0 Å². The Hall–Kier alpha value is -7.89. The topological polar surface area (TPSA) is 45.2 Å². The Kier molecular flexibility index (Phi) is 9.82. The Labute approximate surface area is 350 Å². The van der Waals surface area contributed by atoms with E-state index in [9.17, 15) is 0 Å². The highest BCUT2D eigenvalue weighted by atomic mass is 15.2. The Morgan fingerprint density at radius 1 is 0.400 bits per heavy atom. The SMILES string of the molecule is CCc1cc(N(c2ccccc2)c2ccc(-c3cncnc3)cc2)c(-c2cccc3ccccc23)c(N(c2cccnc2)c2cccc3c(-c4ccccc4)cccc23)c1. The van der Waals surface area contributed by atoms with Crippen LogP contribution in [-0.4, -0.2) is 15.0 Å². The molecule has 0 atom stereocenters.